The SMILES string of the molecule is CNc1nnc(CSc2nc(C)c(C)c(C)n2)s1. The first-order chi connectivity index (χ1) is 8.60. The Kier molecular flexibility index (Phi) is 4.13. The summed E-state index contributed by atoms with van der Waals surface area (Å²) in [5.74, 6) is 0.751. The fourth-order valence-electron chi connectivity index (χ4n) is 1.35. The molecule has 0 saturated heterocycles. The molecule has 18 heavy (non-hydrogen) atoms. The van der Waals surface area contributed by atoms with Crippen LogP contribution < -0.4 is 5.32 Å². The molecule has 1 N–H and O–H groups in total. The smallest absolute Gasteiger partial charge is 0.205 e. The molecule has 7 heteroatoms. The van der Waals surface area contributed by atoms with Crippen LogP contribution in [-0.4, -0.2) is 27.2 Å². The fraction of sp³-hybridized carbons (Fsp3) is 0.455. The Balaban J connectivity index is 2.06. The van der Waals surface area contributed by atoms with Gasteiger partial charge in [0.25, 0.3) is 0 Å². The molecule has 0 aliphatic carbocycles. The van der Waals surface area contributed by atoms with Crippen molar-refractivity contribution < 1.29 is 0 Å². The molecular formula is C11H15N5S2. The number of hydrogen-bond acceptors (Lipinski definition) is 7. The number of rotatable bonds is 4. The molecule has 2 heterocycles. The molecule has 0 saturated carbocycles. The summed E-state index contributed by atoms with van der Waals surface area (Å²) in [6.45, 7) is 6.07. The van der Waals surface area contributed by atoms with Crippen molar-refractivity contribution in [3.05, 3.63) is 22.0 Å². The van der Waals surface area contributed by atoms with Gasteiger partial charge in [-0.1, -0.05) is 23.1 Å². The Morgan fingerprint density at radius 2 is 1.78 bits per heavy atom. The van der Waals surface area contributed by atoms with E-state index in [4.69, 9.17) is 0 Å². The number of thioether (sulfide) groups is 1. The topological polar surface area (TPSA) is 63.6 Å². The van der Waals surface area contributed by atoms with Crippen molar-refractivity contribution in [1.29, 1.82) is 0 Å². The van der Waals surface area contributed by atoms with Crippen LogP contribution >= 0.6 is 23.1 Å². The lowest BCUT2D eigenvalue weighted by atomic mass is 10.2. The van der Waals surface area contributed by atoms with Crippen molar-refractivity contribution in [2.24, 2.45) is 0 Å². The summed E-state index contributed by atoms with van der Waals surface area (Å²) in [6, 6.07) is 0. The second-order valence-corrected chi connectivity index (χ2v) is 5.85. The highest BCUT2D eigenvalue weighted by Crippen LogP contribution is 2.24. The maximum Gasteiger partial charge on any atom is 0.205 e. The van der Waals surface area contributed by atoms with Gasteiger partial charge in [0, 0.05) is 18.4 Å². The molecule has 96 valence electrons. The summed E-state index contributed by atoms with van der Waals surface area (Å²) >= 11 is 3.15. The number of nitrogens with one attached hydrogen (secondary N) is 1. The highest BCUT2D eigenvalue weighted by molar-refractivity contribution is 7.98. The van der Waals surface area contributed by atoms with Gasteiger partial charge in [-0.3, -0.25) is 0 Å². The average molecular weight is 281 g/mol. The quantitative estimate of drug-likeness (QED) is 0.686. The predicted octanol–water partition coefficient (Wildman–Crippen LogP) is 2.59. The van der Waals surface area contributed by atoms with Gasteiger partial charge in [0.1, 0.15) is 5.01 Å². The lowest BCUT2D eigenvalue weighted by Crippen LogP contribution is -1.98. The normalized spacial score (nSPS) is 10.7. The van der Waals surface area contributed by atoms with Crippen LogP contribution in [0.2, 0.25) is 0 Å². The Bertz CT molecular complexity index is 529. The van der Waals surface area contributed by atoms with Gasteiger partial charge in [0.15, 0.2) is 5.16 Å². The summed E-state index contributed by atoms with van der Waals surface area (Å²) in [6.07, 6.45) is 0. The van der Waals surface area contributed by atoms with Crippen LogP contribution in [0, 0.1) is 20.8 Å². The molecule has 0 unspecified atom stereocenters. The number of hydrogen-bond donors (Lipinski definition) is 1. The van der Waals surface area contributed by atoms with Crippen LogP contribution in [0.1, 0.15) is 22.0 Å². The van der Waals surface area contributed by atoms with Gasteiger partial charge in [0.05, 0.1) is 5.75 Å². The highest BCUT2D eigenvalue weighted by Gasteiger charge is 2.08. The summed E-state index contributed by atoms with van der Waals surface area (Å²) < 4.78 is 0. The Morgan fingerprint density at radius 3 is 2.33 bits per heavy atom. The predicted molar refractivity (Wildman–Crippen MR) is 75.3 cm³/mol. The summed E-state index contributed by atoms with van der Waals surface area (Å²) in [7, 11) is 1.84. The van der Waals surface area contributed by atoms with Gasteiger partial charge in [-0.2, -0.15) is 0 Å². The van der Waals surface area contributed by atoms with Crippen LogP contribution in [0.4, 0.5) is 5.13 Å². The summed E-state index contributed by atoms with van der Waals surface area (Å²) in [5, 5.41) is 13.7. The first kappa shape index (κ1) is 13.2. The van der Waals surface area contributed by atoms with Gasteiger partial charge in [0.2, 0.25) is 5.13 Å². The Hall–Kier alpha value is -1.21. The third kappa shape index (κ3) is 2.97. The molecule has 2 aromatic heterocycles. The monoisotopic (exact) mass is 281 g/mol. The van der Waals surface area contributed by atoms with E-state index in [1.807, 2.05) is 27.8 Å². The summed E-state index contributed by atoms with van der Waals surface area (Å²) in [5.41, 5.74) is 3.24. The standard InChI is InChI=1S/C11H15N5S2/c1-6-7(2)13-11(14-8(6)3)17-5-9-15-16-10(12-4)18-9/h5H2,1-4H3,(H,12,16). The van der Waals surface area contributed by atoms with E-state index < -0.39 is 0 Å². The largest absolute Gasteiger partial charge is 0.363 e. The van der Waals surface area contributed by atoms with E-state index in [2.05, 4.69) is 25.5 Å². The highest BCUT2D eigenvalue weighted by atomic mass is 32.2. The van der Waals surface area contributed by atoms with Crippen LogP contribution in [0.3, 0.4) is 0 Å². The molecule has 5 nitrogen and oxygen atoms in total. The van der Waals surface area contributed by atoms with Crippen molar-refractivity contribution in [2.45, 2.75) is 31.7 Å². The lowest BCUT2D eigenvalue weighted by Gasteiger charge is -2.05. The van der Waals surface area contributed by atoms with E-state index in [9.17, 15) is 0 Å². The van der Waals surface area contributed by atoms with E-state index in [1.54, 1.807) is 23.1 Å². The van der Waals surface area contributed by atoms with Gasteiger partial charge >= 0.3 is 0 Å². The molecule has 0 aromatic carbocycles. The molecule has 0 spiro atoms. The van der Waals surface area contributed by atoms with Crippen LogP contribution in [0.15, 0.2) is 5.16 Å². The lowest BCUT2D eigenvalue weighted by molar-refractivity contribution is 0.880. The molecule has 2 rings (SSSR count). The zero-order chi connectivity index (χ0) is 13.1. The van der Waals surface area contributed by atoms with E-state index in [0.29, 0.717) is 0 Å². The van der Waals surface area contributed by atoms with E-state index in [1.165, 1.54) is 0 Å². The van der Waals surface area contributed by atoms with Crippen molar-refractivity contribution in [3.8, 4) is 0 Å². The zero-order valence-corrected chi connectivity index (χ0v) is 12.4. The number of aromatic nitrogens is 4. The minimum absolute atomic E-state index is 0.751. The second-order valence-electron chi connectivity index (χ2n) is 3.84. The van der Waals surface area contributed by atoms with Crippen LogP contribution in [0.5, 0.6) is 0 Å². The average Bonchev–Trinajstić information content (AvgIpc) is 2.81. The molecule has 0 aliphatic heterocycles. The van der Waals surface area contributed by atoms with E-state index in [-0.39, 0.29) is 0 Å². The van der Waals surface area contributed by atoms with Crippen molar-refractivity contribution in [3.63, 3.8) is 0 Å². The maximum absolute atomic E-state index is 4.47. The molecule has 0 bridgehead atoms. The van der Waals surface area contributed by atoms with Gasteiger partial charge in [-0.05, 0) is 26.3 Å². The molecule has 0 aliphatic rings. The molecule has 0 radical (unpaired) electrons. The van der Waals surface area contributed by atoms with Crippen LogP contribution in [0.25, 0.3) is 0 Å². The molecule has 2 aromatic rings. The van der Waals surface area contributed by atoms with Crippen molar-refractivity contribution >= 4 is 28.2 Å². The minimum Gasteiger partial charge on any atom is -0.363 e. The number of nitrogens with zero attached hydrogens (tertiary/aromatic N) is 4. The Labute approximate surface area is 114 Å². The van der Waals surface area contributed by atoms with Crippen LogP contribution in [-0.2, 0) is 5.75 Å². The fourth-order valence-corrected chi connectivity index (χ4v) is 2.96. The van der Waals surface area contributed by atoms with Gasteiger partial charge < -0.3 is 5.32 Å². The van der Waals surface area contributed by atoms with Gasteiger partial charge in [-0.15, -0.1) is 10.2 Å². The number of aryl methyl sites for hydroxylation is 2. The first-order valence-electron chi connectivity index (χ1n) is 5.55. The Morgan fingerprint density at radius 1 is 1.11 bits per heavy atom. The molecule has 0 fully saturated rings. The maximum atomic E-state index is 4.47. The van der Waals surface area contributed by atoms with E-state index in [0.717, 1.165) is 38.0 Å². The minimum atomic E-state index is 0.751. The number of anilines is 1. The van der Waals surface area contributed by atoms with E-state index >= 15 is 0 Å². The molecule has 0 amide bonds. The third-order valence-electron chi connectivity index (χ3n) is 2.62. The molecular weight excluding hydrogens is 266 g/mol. The summed E-state index contributed by atoms with van der Waals surface area (Å²) in [4.78, 5) is 8.94. The van der Waals surface area contributed by atoms with Crippen molar-refractivity contribution in [2.75, 3.05) is 12.4 Å². The first-order valence-corrected chi connectivity index (χ1v) is 7.35. The third-order valence-corrected chi connectivity index (χ3v) is 4.60. The zero-order valence-electron chi connectivity index (χ0n) is 10.8. The molecule has 0 atom stereocenters. The second kappa shape index (κ2) is 5.62. The van der Waals surface area contributed by atoms with Crippen molar-refractivity contribution in [1.82, 2.24) is 20.2 Å². The van der Waals surface area contributed by atoms with Gasteiger partial charge in [-0.25, -0.2) is 9.97 Å².